The van der Waals surface area contributed by atoms with Gasteiger partial charge in [-0.25, -0.2) is 9.78 Å². The Kier molecular flexibility index (Phi) is 7.71. The SMILES string of the molecule is CC(C)(C)C[C@H](NC(=O)OC(C)(C)C)C(=O)Nc1nc(-c2cccc(-c3ccncc3)c2)cs1. The standard InChI is InChI=1S/C26H32N4O3S/c1-25(2,3)15-20(29-24(32)33-26(4,5)6)22(31)30-23-28-21(16-34-23)19-9-7-8-18(14-19)17-10-12-27-13-11-17/h7-14,16,20H,15H2,1-6H3,(H,29,32)(H,28,30,31)/t20-/m0/s1. The van der Waals surface area contributed by atoms with Crippen molar-refractivity contribution in [3.05, 3.63) is 54.2 Å². The van der Waals surface area contributed by atoms with E-state index in [1.807, 2.05) is 56.5 Å². The first-order valence-corrected chi connectivity index (χ1v) is 12.0. The van der Waals surface area contributed by atoms with E-state index in [4.69, 9.17) is 4.74 Å². The summed E-state index contributed by atoms with van der Waals surface area (Å²) >= 11 is 1.34. The van der Waals surface area contributed by atoms with E-state index in [9.17, 15) is 9.59 Å². The Bertz CT molecular complexity index is 1130. The number of aromatic nitrogens is 2. The molecule has 0 saturated heterocycles. The number of hydrogen-bond donors (Lipinski definition) is 2. The van der Waals surface area contributed by atoms with Crippen molar-refractivity contribution in [2.24, 2.45) is 5.41 Å². The number of hydrogen-bond acceptors (Lipinski definition) is 6. The Morgan fingerprint density at radius 1 is 1.00 bits per heavy atom. The molecule has 0 saturated carbocycles. The third-order valence-corrected chi connectivity index (χ3v) is 5.49. The summed E-state index contributed by atoms with van der Waals surface area (Å²) in [6.07, 6.45) is 3.35. The molecule has 0 aliphatic rings. The normalized spacial score (nSPS) is 12.6. The minimum atomic E-state index is -0.753. The van der Waals surface area contributed by atoms with Crippen molar-refractivity contribution in [2.45, 2.75) is 59.6 Å². The summed E-state index contributed by atoms with van der Waals surface area (Å²) in [5.41, 5.74) is 3.01. The third kappa shape index (κ3) is 7.66. The van der Waals surface area contributed by atoms with Crippen LogP contribution in [0.15, 0.2) is 54.2 Å². The average Bonchev–Trinajstić information content (AvgIpc) is 3.20. The topological polar surface area (TPSA) is 93.2 Å². The van der Waals surface area contributed by atoms with Gasteiger partial charge in [-0.05, 0) is 61.9 Å². The van der Waals surface area contributed by atoms with Crippen LogP contribution in [0.2, 0.25) is 0 Å². The van der Waals surface area contributed by atoms with Gasteiger partial charge in [0.25, 0.3) is 0 Å². The number of rotatable bonds is 6. The van der Waals surface area contributed by atoms with Crippen LogP contribution in [0.4, 0.5) is 9.93 Å². The number of carbonyl (C=O) groups is 2. The predicted octanol–water partition coefficient (Wildman–Crippen LogP) is 6.14. The lowest BCUT2D eigenvalue weighted by atomic mass is 9.88. The lowest BCUT2D eigenvalue weighted by Crippen LogP contribution is -2.47. The van der Waals surface area contributed by atoms with Crippen molar-refractivity contribution in [3.8, 4) is 22.4 Å². The van der Waals surface area contributed by atoms with Crippen LogP contribution < -0.4 is 10.6 Å². The van der Waals surface area contributed by atoms with Crippen LogP contribution in [0.1, 0.15) is 48.0 Å². The van der Waals surface area contributed by atoms with Gasteiger partial charge >= 0.3 is 6.09 Å². The molecule has 2 heterocycles. The molecule has 1 aromatic carbocycles. The van der Waals surface area contributed by atoms with E-state index < -0.39 is 17.7 Å². The summed E-state index contributed by atoms with van der Waals surface area (Å²) in [5, 5.41) is 7.95. The molecule has 0 radical (unpaired) electrons. The maximum atomic E-state index is 13.1. The molecule has 180 valence electrons. The number of pyridine rings is 1. The number of ether oxygens (including phenoxy) is 1. The van der Waals surface area contributed by atoms with Gasteiger partial charge in [0, 0.05) is 23.3 Å². The van der Waals surface area contributed by atoms with Gasteiger partial charge in [0.2, 0.25) is 5.91 Å². The fourth-order valence-electron chi connectivity index (χ4n) is 3.33. The number of carbonyl (C=O) groups excluding carboxylic acids is 2. The number of nitrogens with zero attached hydrogens (tertiary/aromatic N) is 2. The smallest absolute Gasteiger partial charge is 0.408 e. The summed E-state index contributed by atoms with van der Waals surface area (Å²) in [6, 6.07) is 11.2. The van der Waals surface area contributed by atoms with Crippen molar-refractivity contribution >= 4 is 28.5 Å². The second-order valence-corrected chi connectivity index (χ2v) is 11.2. The van der Waals surface area contributed by atoms with Crippen molar-refractivity contribution < 1.29 is 14.3 Å². The number of thiazole rings is 1. The van der Waals surface area contributed by atoms with Crippen LogP contribution in [-0.2, 0) is 9.53 Å². The zero-order chi connectivity index (χ0) is 24.9. The summed E-state index contributed by atoms with van der Waals surface area (Å²) in [5.74, 6) is -0.327. The van der Waals surface area contributed by atoms with Crippen LogP contribution in [0.5, 0.6) is 0 Å². The lowest BCUT2D eigenvalue weighted by molar-refractivity contribution is -0.118. The number of amides is 2. The third-order valence-electron chi connectivity index (χ3n) is 4.73. The zero-order valence-corrected chi connectivity index (χ0v) is 21.3. The van der Waals surface area contributed by atoms with Gasteiger partial charge in [-0.15, -0.1) is 11.3 Å². The van der Waals surface area contributed by atoms with Crippen LogP contribution >= 0.6 is 11.3 Å². The fraction of sp³-hybridized carbons (Fsp3) is 0.385. The molecule has 2 amide bonds. The van der Waals surface area contributed by atoms with Gasteiger partial charge in [-0.1, -0.05) is 39.0 Å². The minimum absolute atomic E-state index is 0.182. The Morgan fingerprint density at radius 2 is 1.68 bits per heavy atom. The average molecular weight is 481 g/mol. The summed E-state index contributed by atoms with van der Waals surface area (Å²) in [7, 11) is 0. The fourth-order valence-corrected chi connectivity index (χ4v) is 4.05. The molecule has 0 aliphatic heterocycles. The Morgan fingerprint density at radius 3 is 2.32 bits per heavy atom. The van der Waals surface area contributed by atoms with Crippen molar-refractivity contribution in [2.75, 3.05) is 5.32 Å². The maximum Gasteiger partial charge on any atom is 0.408 e. The summed E-state index contributed by atoms with van der Waals surface area (Å²) in [4.78, 5) is 34.0. The van der Waals surface area contributed by atoms with Gasteiger partial charge < -0.3 is 15.4 Å². The summed E-state index contributed by atoms with van der Waals surface area (Å²) < 4.78 is 5.35. The van der Waals surface area contributed by atoms with Crippen LogP contribution in [0, 0.1) is 5.41 Å². The van der Waals surface area contributed by atoms with E-state index in [1.54, 1.807) is 33.2 Å². The molecule has 8 heteroatoms. The van der Waals surface area contributed by atoms with Crippen LogP contribution in [0.3, 0.4) is 0 Å². The van der Waals surface area contributed by atoms with Crippen molar-refractivity contribution in [1.29, 1.82) is 0 Å². The second kappa shape index (κ2) is 10.3. The highest BCUT2D eigenvalue weighted by Crippen LogP contribution is 2.29. The largest absolute Gasteiger partial charge is 0.444 e. The molecule has 2 aromatic heterocycles. The van der Waals surface area contributed by atoms with Gasteiger partial charge in [0.1, 0.15) is 11.6 Å². The van der Waals surface area contributed by atoms with Gasteiger partial charge in [-0.3, -0.25) is 9.78 Å². The first-order chi connectivity index (χ1) is 15.9. The van der Waals surface area contributed by atoms with E-state index in [2.05, 4.69) is 26.7 Å². The van der Waals surface area contributed by atoms with Crippen molar-refractivity contribution in [3.63, 3.8) is 0 Å². The molecular formula is C26H32N4O3S. The highest BCUT2D eigenvalue weighted by atomic mass is 32.1. The molecule has 0 unspecified atom stereocenters. The van der Waals surface area contributed by atoms with E-state index in [-0.39, 0.29) is 11.3 Å². The molecule has 3 rings (SSSR count). The van der Waals surface area contributed by atoms with Gasteiger partial charge in [-0.2, -0.15) is 0 Å². The second-order valence-electron chi connectivity index (χ2n) is 10.3. The lowest BCUT2D eigenvalue weighted by Gasteiger charge is -2.27. The molecule has 1 atom stereocenters. The van der Waals surface area contributed by atoms with E-state index >= 15 is 0 Å². The van der Waals surface area contributed by atoms with Crippen molar-refractivity contribution in [1.82, 2.24) is 15.3 Å². The number of nitrogens with one attached hydrogen (secondary N) is 2. The van der Waals surface area contributed by atoms with Gasteiger partial charge in [0.05, 0.1) is 5.69 Å². The molecular weight excluding hydrogens is 448 g/mol. The molecule has 2 N–H and O–H groups in total. The Labute approximate surface area is 205 Å². The number of alkyl carbamates (subject to hydrolysis) is 1. The first-order valence-electron chi connectivity index (χ1n) is 11.2. The zero-order valence-electron chi connectivity index (χ0n) is 20.5. The molecule has 34 heavy (non-hydrogen) atoms. The number of benzene rings is 1. The highest BCUT2D eigenvalue weighted by Gasteiger charge is 2.29. The highest BCUT2D eigenvalue weighted by molar-refractivity contribution is 7.14. The van der Waals surface area contributed by atoms with Gasteiger partial charge in [0.15, 0.2) is 5.13 Å². The number of anilines is 1. The molecule has 0 bridgehead atoms. The van der Waals surface area contributed by atoms with E-state index in [0.29, 0.717) is 11.6 Å². The monoisotopic (exact) mass is 480 g/mol. The van der Waals surface area contributed by atoms with Crippen LogP contribution in [-0.4, -0.2) is 33.6 Å². The Hall–Kier alpha value is -3.26. The predicted molar refractivity (Wildman–Crippen MR) is 137 cm³/mol. The van der Waals surface area contributed by atoms with E-state index in [0.717, 1.165) is 22.4 Å². The first kappa shape index (κ1) is 25.4. The molecule has 0 fully saturated rings. The maximum absolute atomic E-state index is 13.1. The molecule has 3 aromatic rings. The minimum Gasteiger partial charge on any atom is -0.444 e. The van der Waals surface area contributed by atoms with Crippen LogP contribution in [0.25, 0.3) is 22.4 Å². The molecule has 7 nitrogen and oxygen atoms in total. The molecule has 0 spiro atoms. The Balaban J connectivity index is 1.74. The van der Waals surface area contributed by atoms with E-state index in [1.165, 1.54) is 11.3 Å². The quantitative estimate of drug-likeness (QED) is 0.442. The molecule has 0 aliphatic carbocycles. The summed E-state index contributed by atoms with van der Waals surface area (Å²) in [6.45, 7) is 11.4.